The number of morpholine rings is 1. The van der Waals surface area contributed by atoms with E-state index >= 15 is 0 Å². The summed E-state index contributed by atoms with van der Waals surface area (Å²) in [5, 5.41) is 3.47. The molecular formula is C16H32N2O2. The van der Waals surface area contributed by atoms with Gasteiger partial charge in [0.2, 0.25) is 0 Å². The average Bonchev–Trinajstić information content (AvgIpc) is 2.97. The van der Waals surface area contributed by atoms with Gasteiger partial charge in [0, 0.05) is 25.7 Å². The molecule has 1 N–H and O–H groups in total. The van der Waals surface area contributed by atoms with Gasteiger partial charge >= 0.3 is 0 Å². The zero-order valence-corrected chi connectivity index (χ0v) is 13.3. The molecule has 0 saturated carbocycles. The molecule has 0 aromatic rings. The summed E-state index contributed by atoms with van der Waals surface area (Å²) in [5.74, 6) is 0. The third kappa shape index (κ3) is 4.99. The topological polar surface area (TPSA) is 33.7 Å². The second-order valence-corrected chi connectivity index (χ2v) is 6.17. The molecule has 0 aromatic carbocycles. The van der Waals surface area contributed by atoms with Crippen molar-refractivity contribution in [3.63, 3.8) is 0 Å². The minimum absolute atomic E-state index is 0.352. The molecule has 4 nitrogen and oxygen atoms in total. The molecule has 2 fully saturated rings. The Morgan fingerprint density at radius 2 is 2.20 bits per heavy atom. The average molecular weight is 284 g/mol. The molecule has 2 heterocycles. The first-order valence-electron chi connectivity index (χ1n) is 8.46. The molecule has 0 radical (unpaired) electrons. The fraction of sp³-hybridized carbons (Fsp3) is 1.00. The van der Waals surface area contributed by atoms with E-state index < -0.39 is 0 Å². The number of ether oxygens (including phenoxy) is 2. The summed E-state index contributed by atoms with van der Waals surface area (Å²) >= 11 is 0. The first kappa shape index (κ1) is 16.2. The van der Waals surface area contributed by atoms with Crippen molar-refractivity contribution in [1.82, 2.24) is 10.2 Å². The Balaban J connectivity index is 1.69. The van der Waals surface area contributed by atoms with Crippen LogP contribution in [0.3, 0.4) is 0 Å². The second kappa shape index (κ2) is 8.98. The van der Waals surface area contributed by atoms with Crippen LogP contribution in [0, 0.1) is 0 Å². The summed E-state index contributed by atoms with van der Waals surface area (Å²) in [6.45, 7) is 7.48. The molecule has 2 rings (SSSR count). The van der Waals surface area contributed by atoms with E-state index in [-0.39, 0.29) is 0 Å². The molecular weight excluding hydrogens is 252 g/mol. The van der Waals surface area contributed by atoms with Crippen LogP contribution >= 0.6 is 0 Å². The third-order valence-electron chi connectivity index (χ3n) is 4.60. The van der Waals surface area contributed by atoms with Crippen LogP contribution in [0.4, 0.5) is 0 Å². The van der Waals surface area contributed by atoms with Crippen molar-refractivity contribution in [3.8, 4) is 0 Å². The van der Waals surface area contributed by atoms with Gasteiger partial charge in [0.05, 0.1) is 18.8 Å². The van der Waals surface area contributed by atoms with Gasteiger partial charge in [-0.3, -0.25) is 4.90 Å². The summed E-state index contributed by atoms with van der Waals surface area (Å²) in [5.41, 5.74) is 0. The number of rotatable bonds is 8. The Morgan fingerprint density at radius 1 is 1.30 bits per heavy atom. The summed E-state index contributed by atoms with van der Waals surface area (Å²) in [7, 11) is 2.07. The molecule has 0 spiro atoms. The van der Waals surface area contributed by atoms with Crippen molar-refractivity contribution >= 4 is 0 Å². The highest BCUT2D eigenvalue weighted by atomic mass is 16.5. The Kier molecular flexibility index (Phi) is 7.28. The summed E-state index contributed by atoms with van der Waals surface area (Å²) in [4.78, 5) is 2.54. The van der Waals surface area contributed by atoms with Crippen molar-refractivity contribution in [2.45, 2.75) is 63.7 Å². The molecule has 20 heavy (non-hydrogen) atoms. The van der Waals surface area contributed by atoms with Crippen LogP contribution in [0.1, 0.15) is 45.4 Å². The Labute approximate surface area is 124 Å². The molecule has 3 unspecified atom stereocenters. The van der Waals surface area contributed by atoms with Crippen LogP contribution in [-0.4, -0.2) is 63.0 Å². The van der Waals surface area contributed by atoms with Crippen molar-refractivity contribution in [3.05, 3.63) is 0 Å². The normalized spacial score (nSPS) is 29.7. The molecule has 2 aliphatic heterocycles. The van der Waals surface area contributed by atoms with E-state index in [1.807, 2.05) is 0 Å². The Bertz CT molecular complexity index is 255. The minimum Gasteiger partial charge on any atom is -0.378 e. The molecule has 2 saturated heterocycles. The first-order valence-corrected chi connectivity index (χ1v) is 8.46. The van der Waals surface area contributed by atoms with Crippen molar-refractivity contribution in [2.24, 2.45) is 0 Å². The van der Waals surface area contributed by atoms with Crippen molar-refractivity contribution in [1.29, 1.82) is 0 Å². The van der Waals surface area contributed by atoms with Gasteiger partial charge in [-0.1, -0.05) is 6.92 Å². The molecule has 3 atom stereocenters. The predicted octanol–water partition coefficient (Wildman–Crippen LogP) is 2.03. The molecule has 0 amide bonds. The van der Waals surface area contributed by atoms with E-state index in [9.17, 15) is 0 Å². The monoisotopic (exact) mass is 284 g/mol. The van der Waals surface area contributed by atoms with E-state index in [4.69, 9.17) is 9.47 Å². The highest BCUT2D eigenvalue weighted by Gasteiger charge is 2.27. The van der Waals surface area contributed by atoms with E-state index in [1.54, 1.807) is 0 Å². The zero-order valence-electron chi connectivity index (χ0n) is 13.3. The van der Waals surface area contributed by atoms with Crippen LogP contribution in [0.2, 0.25) is 0 Å². The van der Waals surface area contributed by atoms with Crippen LogP contribution < -0.4 is 5.32 Å². The maximum Gasteiger partial charge on any atom is 0.0855 e. The maximum atomic E-state index is 5.99. The smallest absolute Gasteiger partial charge is 0.0855 e. The van der Waals surface area contributed by atoms with Gasteiger partial charge in [0.1, 0.15) is 0 Å². The molecule has 0 aliphatic carbocycles. The quantitative estimate of drug-likeness (QED) is 0.739. The largest absolute Gasteiger partial charge is 0.378 e. The third-order valence-corrected chi connectivity index (χ3v) is 4.60. The number of likely N-dealkylation sites (N-methyl/N-ethyl adjacent to an activating group) is 1. The van der Waals surface area contributed by atoms with E-state index in [1.165, 1.54) is 45.1 Å². The number of hydrogen-bond donors (Lipinski definition) is 1. The molecule has 4 heteroatoms. The van der Waals surface area contributed by atoms with Gasteiger partial charge in [0.25, 0.3) is 0 Å². The predicted molar refractivity (Wildman–Crippen MR) is 82.1 cm³/mol. The van der Waals surface area contributed by atoms with Crippen LogP contribution in [0.5, 0.6) is 0 Å². The van der Waals surface area contributed by atoms with Crippen molar-refractivity contribution in [2.75, 3.05) is 39.9 Å². The van der Waals surface area contributed by atoms with E-state index in [2.05, 4.69) is 24.2 Å². The lowest BCUT2D eigenvalue weighted by Crippen LogP contribution is -2.51. The minimum atomic E-state index is 0.352. The van der Waals surface area contributed by atoms with E-state index in [0.29, 0.717) is 18.2 Å². The Morgan fingerprint density at radius 3 is 2.90 bits per heavy atom. The first-order chi connectivity index (χ1) is 9.83. The molecule has 118 valence electrons. The summed E-state index contributed by atoms with van der Waals surface area (Å²) < 4.78 is 11.7. The van der Waals surface area contributed by atoms with Gasteiger partial charge in [0.15, 0.2) is 0 Å². The van der Waals surface area contributed by atoms with Gasteiger partial charge < -0.3 is 14.8 Å². The van der Waals surface area contributed by atoms with Crippen molar-refractivity contribution < 1.29 is 9.47 Å². The van der Waals surface area contributed by atoms with Gasteiger partial charge in [-0.25, -0.2) is 0 Å². The standard InChI is InChI=1S/C16H32N2O2/c1-3-9-18-10-12-20-16(13-18)15(17-2)8-4-6-14-7-5-11-19-14/h14-17H,3-13H2,1-2H3. The van der Waals surface area contributed by atoms with Crippen LogP contribution in [-0.2, 0) is 9.47 Å². The Hall–Kier alpha value is -0.160. The fourth-order valence-electron chi connectivity index (χ4n) is 3.45. The number of nitrogens with zero attached hydrogens (tertiary/aromatic N) is 1. The summed E-state index contributed by atoms with van der Waals surface area (Å²) in [6, 6.07) is 0.482. The van der Waals surface area contributed by atoms with Gasteiger partial charge in [-0.05, 0) is 52.1 Å². The highest BCUT2D eigenvalue weighted by molar-refractivity contribution is 4.82. The lowest BCUT2D eigenvalue weighted by Gasteiger charge is -2.37. The second-order valence-electron chi connectivity index (χ2n) is 6.17. The zero-order chi connectivity index (χ0) is 14.2. The highest BCUT2D eigenvalue weighted by Crippen LogP contribution is 2.20. The van der Waals surface area contributed by atoms with Crippen LogP contribution in [0.25, 0.3) is 0 Å². The van der Waals surface area contributed by atoms with Gasteiger partial charge in [-0.15, -0.1) is 0 Å². The maximum absolute atomic E-state index is 5.99. The van der Waals surface area contributed by atoms with Gasteiger partial charge in [-0.2, -0.15) is 0 Å². The van der Waals surface area contributed by atoms with E-state index in [0.717, 1.165) is 26.3 Å². The van der Waals surface area contributed by atoms with Crippen LogP contribution in [0.15, 0.2) is 0 Å². The molecule has 0 aromatic heterocycles. The molecule has 2 aliphatic rings. The lowest BCUT2D eigenvalue weighted by molar-refractivity contribution is -0.0471. The number of hydrogen-bond acceptors (Lipinski definition) is 4. The fourth-order valence-corrected chi connectivity index (χ4v) is 3.45. The SMILES string of the molecule is CCCN1CCOC(C(CCCC2CCCO2)NC)C1. The number of nitrogens with one attached hydrogen (secondary N) is 1. The molecule has 0 bridgehead atoms. The summed E-state index contributed by atoms with van der Waals surface area (Å²) in [6.07, 6.45) is 8.26. The lowest BCUT2D eigenvalue weighted by atomic mass is 10.0.